The first-order valence-electron chi connectivity index (χ1n) is 5.34. The molecular weight excluding hydrogens is 218 g/mol. The lowest BCUT2D eigenvalue weighted by Gasteiger charge is -2.09. The minimum Gasteiger partial charge on any atom is -0.485 e. The van der Waals surface area contributed by atoms with Crippen molar-refractivity contribution in [3.05, 3.63) is 35.2 Å². The van der Waals surface area contributed by atoms with Crippen LogP contribution in [0, 0.1) is 6.92 Å². The van der Waals surface area contributed by atoms with Crippen LogP contribution < -0.4 is 10.5 Å². The molecule has 1 aromatic heterocycles. The first-order valence-corrected chi connectivity index (χ1v) is 5.34. The molecule has 1 heterocycles. The Labute approximate surface area is 99.4 Å². The molecule has 0 aliphatic heterocycles. The number of nitrogens with zero attached hydrogens (tertiary/aromatic N) is 4. The third-order valence-electron chi connectivity index (χ3n) is 2.34. The Hall–Kier alpha value is -1.95. The third kappa shape index (κ3) is 2.79. The minimum absolute atomic E-state index is 0.296. The summed E-state index contributed by atoms with van der Waals surface area (Å²) in [6.07, 6.45) is 0. The Kier molecular flexibility index (Phi) is 3.34. The van der Waals surface area contributed by atoms with Gasteiger partial charge in [0, 0.05) is 12.1 Å². The molecule has 0 atom stereocenters. The summed E-state index contributed by atoms with van der Waals surface area (Å²) >= 11 is 0. The summed E-state index contributed by atoms with van der Waals surface area (Å²) in [7, 11) is 1.72. The van der Waals surface area contributed by atoms with Crippen molar-refractivity contribution < 1.29 is 4.74 Å². The Balaban J connectivity index is 2.08. The van der Waals surface area contributed by atoms with E-state index >= 15 is 0 Å². The predicted octanol–water partition coefficient (Wildman–Crippen LogP) is 0.556. The molecule has 0 spiro atoms. The lowest BCUT2D eigenvalue weighted by atomic mass is 10.1. The number of ether oxygens (including phenoxy) is 1. The van der Waals surface area contributed by atoms with E-state index in [1.807, 2.05) is 25.1 Å². The van der Waals surface area contributed by atoms with E-state index in [4.69, 9.17) is 10.5 Å². The second kappa shape index (κ2) is 4.92. The summed E-state index contributed by atoms with van der Waals surface area (Å²) in [6.45, 7) is 2.77. The standard InChI is InChI=1S/C11H15N5O/c1-8-3-4-10(9(5-8)6-12)17-7-11-13-15-16(2)14-11/h3-5H,6-7,12H2,1-2H3. The van der Waals surface area contributed by atoms with Crippen LogP contribution in [0.1, 0.15) is 17.0 Å². The van der Waals surface area contributed by atoms with E-state index in [9.17, 15) is 0 Å². The molecule has 0 saturated carbocycles. The molecule has 0 aliphatic rings. The maximum Gasteiger partial charge on any atom is 0.212 e. The molecule has 2 rings (SSSR count). The smallest absolute Gasteiger partial charge is 0.212 e. The molecule has 2 aromatic rings. The van der Waals surface area contributed by atoms with Gasteiger partial charge in [-0.05, 0) is 18.2 Å². The lowest BCUT2D eigenvalue weighted by Crippen LogP contribution is -2.04. The van der Waals surface area contributed by atoms with Crippen molar-refractivity contribution in [3.63, 3.8) is 0 Å². The fourth-order valence-corrected chi connectivity index (χ4v) is 1.53. The number of nitrogens with two attached hydrogens (primary N) is 1. The van der Waals surface area contributed by atoms with Crippen LogP contribution in [0.3, 0.4) is 0 Å². The van der Waals surface area contributed by atoms with E-state index < -0.39 is 0 Å². The van der Waals surface area contributed by atoms with Crippen LogP contribution >= 0.6 is 0 Å². The molecule has 0 radical (unpaired) electrons. The highest BCUT2D eigenvalue weighted by atomic mass is 16.5. The van der Waals surface area contributed by atoms with Crippen LogP contribution in [0.15, 0.2) is 18.2 Å². The molecule has 17 heavy (non-hydrogen) atoms. The topological polar surface area (TPSA) is 78.9 Å². The van der Waals surface area contributed by atoms with Crippen molar-refractivity contribution in [1.29, 1.82) is 0 Å². The van der Waals surface area contributed by atoms with Crippen LogP contribution in [-0.4, -0.2) is 20.2 Å². The van der Waals surface area contributed by atoms with Gasteiger partial charge in [0.1, 0.15) is 5.75 Å². The highest BCUT2D eigenvalue weighted by Gasteiger charge is 2.05. The van der Waals surface area contributed by atoms with Gasteiger partial charge in [-0.15, -0.1) is 10.2 Å². The maximum atomic E-state index is 5.66. The van der Waals surface area contributed by atoms with Gasteiger partial charge in [0.2, 0.25) is 5.82 Å². The summed E-state index contributed by atoms with van der Waals surface area (Å²) in [4.78, 5) is 1.40. The van der Waals surface area contributed by atoms with Crippen molar-refractivity contribution in [2.45, 2.75) is 20.1 Å². The Morgan fingerprint density at radius 3 is 2.88 bits per heavy atom. The molecule has 6 nitrogen and oxygen atoms in total. The molecule has 0 bridgehead atoms. The van der Waals surface area contributed by atoms with E-state index in [2.05, 4.69) is 15.4 Å². The van der Waals surface area contributed by atoms with Crippen LogP contribution in [-0.2, 0) is 20.2 Å². The van der Waals surface area contributed by atoms with E-state index in [1.54, 1.807) is 7.05 Å². The second-order valence-electron chi connectivity index (χ2n) is 3.80. The predicted molar refractivity (Wildman–Crippen MR) is 62.2 cm³/mol. The van der Waals surface area contributed by atoms with Gasteiger partial charge in [-0.25, -0.2) is 0 Å². The fourth-order valence-electron chi connectivity index (χ4n) is 1.53. The van der Waals surface area contributed by atoms with Gasteiger partial charge in [-0.2, -0.15) is 4.80 Å². The molecular formula is C11H15N5O. The summed E-state index contributed by atoms with van der Waals surface area (Å²) < 4.78 is 5.62. The van der Waals surface area contributed by atoms with Crippen LogP contribution in [0.5, 0.6) is 5.75 Å². The molecule has 0 unspecified atom stereocenters. The third-order valence-corrected chi connectivity index (χ3v) is 2.34. The van der Waals surface area contributed by atoms with Gasteiger partial charge in [0.15, 0.2) is 6.61 Å². The van der Waals surface area contributed by atoms with Crippen LogP contribution in [0.25, 0.3) is 0 Å². The van der Waals surface area contributed by atoms with Crippen molar-refractivity contribution >= 4 is 0 Å². The van der Waals surface area contributed by atoms with Gasteiger partial charge < -0.3 is 10.5 Å². The number of hydrogen-bond acceptors (Lipinski definition) is 5. The van der Waals surface area contributed by atoms with E-state index in [0.29, 0.717) is 19.0 Å². The molecule has 0 amide bonds. The number of benzene rings is 1. The summed E-state index contributed by atoms with van der Waals surface area (Å²) in [5, 5.41) is 11.6. The quantitative estimate of drug-likeness (QED) is 0.834. The molecule has 1 aromatic carbocycles. The van der Waals surface area contributed by atoms with Crippen LogP contribution in [0.2, 0.25) is 0 Å². The van der Waals surface area contributed by atoms with Crippen molar-refractivity contribution in [2.24, 2.45) is 12.8 Å². The van der Waals surface area contributed by atoms with Gasteiger partial charge in [0.25, 0.3) is 0 Å². The molecule has 0 aliphatic carbocycles. The average molecular weight is 233 g/mol. The summed E-state index contributed by atoms with van der Waals surface area (Å²) in [5.41, 5.74) is 7.81. The summed E-state index contributed by atoms with van der Waals surface area (Å²) in [6, 6.07) is 5.91. The number of rotatable bonds is 4. The van der Waals surface area contributed by atoms with Crippen molar-refractivity contribution in [3.8, 4) is 5.75 Å². The van der Waals surface area contributed by atoms with Gasteiger partial charge in [-0.3, -0.25) is 0 Å². The first kappa shape index (κ1) is 11.5. The van der Waals surface area contributed by atoms with E-state index in [-0.39, 0.29) is 0 Å². The molecule has 0 saturated heterocycles. The van der Waals surface area contributed by atoms with Crippen molar-refractivity contribution in [1.82, 2.24) is 20.2 Å². The zero-order valence-corrected chi connectivity index (χ0v) is 9.92. The maximum absolute atomic E-state index is 5.66. The highest BCUT2D eigenvalue weighted by Crippen LogP contribution is 2.20. The van der Waals surface area contributed by atoms with Crippen LogP contribution in [0.4, 0.5) is 0 Å². The zero-order valence-electron chi connectivity index (χ0n) is 9.92. The SMILES string of the molecule is Cc1ccc(OCc2nnn(C)n2)c(CN)c1. The Bertz CT molecular complexity index is 508. The Morgan fingerprint density at radius 1 is 1.41 bits per heavy atom. The van der Waals surface area contributed by atoms with Crippen molar-refractivity contribution in [2.75, 3.05) is 0 Å². The monoisotopic (exact) mass is 233 g/mol. The fraction of sp³-hybridized carbons (Fsp3) is 0.364. The highest BCUT2D eigenvalue weighted by molar-refractivity contribution is 5.36. The normalized spacial score (nSPS) is 10.5. The molecule has 90 valence electrons. The summed E-state index contributed by atoms with van der Waals surface area (Å²) in [5.74, 6) is 1.32. The van der Waals surface area contributed by atoms with E-state index in [1.165, 1.54) is 4.80 Å². The largest absolute Gasteiger partial charge is 0.485 e. The number of hydrogen-bond donors (Lipinski definition) is 1. The molecule has 6 heteroatoms. The molecule has 0 fully saturated rings. The lowest BCUT2D eigenvalue weighted by molar-refractivity contribution is 0.292. The number of aryl methyl sites for hydroxylation is 2. The first-order chi connectivity index (χ1) is 8.19. The second-order valence-corrected chi connectivity index (χ2v) is 3.80. The minimum atomic E-state index is 0.296. The number of tetrazole rings is 1. The van der Waals surface area contributed by atoms with Gasteiger partial charge in [-0.1, -0.05) is 17.7 Å². The van der Waals surface area contributed by atoms with E-state index in [0.717, 1.165) is 16.9 Å². The zero-order chi connectivity index (χ0) is 12.3. The molecule has 2 N–H and O–H groups in total. The number of aromatic nitrogens is 4. The van der Waals surface area contributed by atoms with Gasteiger partial charge in [0.05, 0.1) is 7.05 Å². The Morgan fingerprint density at radius 2 is 2.24 bits per heavy atom. The average Bonchev–Trinajstić information content (AvgIpc) is 2.73. The van der Waals surface area contributed by atoms with Gasteiger partial charge >= 0.3 is 0 Å².